The lowest BCUT2D eigenvalue weighted by atomic mass is 10.2. The lowest BCUT2D eigenvalue weighted by Crippen LogP contribution is -2.26. The van der Waals surface area contributed by atoms with E-state index in [0.717, 1.165) is 6.26 Å². The van der Waals surface area contributed by atoms with E-state index in [1.807, 2.05) is 0 Å². The molecule has 0 aromatic rings. The largest absolute Gasteiger partial charge is 0.481 e. The molecule has 0 bridgehead atoms. The molecule has 0 saturated heterocycles. The molecule has 7 heteroatoms. The molecular weight excluding hydrogens is 218 g/mol. The maximum Gasteiger partial charge on any atom is 0.304 e. The number of rotatable bonds is 5. The normalized spacial score (nSPS) is 13.1. The van der Waals surface area contributed by atoms with Gasteiger partial charge in [0.05, 0.1) is 12.2 Å². The average Bonchev–Trinajstić information content (AvgIpc) is 1.80. The monoisotopic (exact) mass is 231 g/mol. The van der Waals surface area contributed by atoms with Crippen LogP contribution in [0.1, 0.15) is 12.8 Å². The van der Waals surface area contributed by atoms with E-state index >= 15 is 0 Å². The standard InChI is InChI=1S/C6H13NO4S.ClH/c1-12(10,11)3-2-5(7)4-6(8)9;/h5H,2-4,7H2,1H3,(H,8,9);1H/t5-;/m1./s1. The Morgan fingerprint density at radius 2 is 2.00 bits per heavy atom. The summed E-state index contributed by atoms with van der Waals surface area (Å²) in [6, 6.07) is -0.572. The van der Waals surface area contributed by atoms with Crippen LogP contribution in [0.4, 0.5) is 0 Å². The first kappa shape index (κ1) is 15.2. The molecule has 13 heavy (non-hydrogen) atoms. The highest BCUT2D eigenvalue weighted by Gasteiger charge is 2.10. The molecule has 5 nitrogen and oxygen atoms in total. The quantitative estimate of drug-likeness (QED) is 0.674. The van der Waals surface area contributed by atoms with Crippen molar-refractivity contribution in [1.29, 1.82) is 0 Å². The van der Waals surface area contributed by atoms with Crippen molar-refractivity contribution in [3.05, 3.63) is 0 Å². The van der Waals surface area contributed by atoms with Gasteiger partial charge in [-0.2, -0.15) is 0 Å². The lowest BCUT2D eigenvalue weighted by molar-refractivity contribution is -0.137. The van der Waals surface area contributed by atoms with Crippen molar-refractivity contribution < 1.29 is 18.3 Å². The Morgan fingerprint density at radius 3 is 2.31 bits per heavy atom. The van der Waals surface area contributed by atoms with Gasteiger partial charge in [0.15, 0.2) is 0 Å². The molecule has 0 unspecified atom stereocenters. The molecule has 1 atom stereocenters. The highest BCUT2D eigenvalue weighted by Crippen LogP contribution is 1.97. The number of hydrogen-bond acceptors (Lipinski definition) is 4. The third-order valence-corrected chi connectivity index (χ3v) is 2.27. The molecule has 0 amide bonds. The van der Waals surface area contributed by atoms with E-state index in [-0.39, 0.29) is 31.0 Å². The Kier molecular flexibility index (Phi) is 7.20. The molecule has 0 aliphatic rings. The van der Waals surface area contributed by atoms with Gasteiger partial charge in [0.1, 0.15) is 9.84 Å². The molecule has 0 spiro atoms. The van der Waals surface area contributed by atoms with Crippen molar-refractivity contribution in [3.8, 4) is 0 Å². The number of carboxylic acids is 1. The SMILES string of the molecule is CS(=O)(=O)CC[C@@H](N)CC(=O)O.Cl. The van der Waals surface area contributed by atoms with E-state index < -0.39 is 21.8 Å². The Bertz CT molecular complexity index is 251. The third-order valence-electron chi connectivity index (χ3n) is 1.30. The highest BCUT2D eigenvalue weighted by atomic mass is 35.5. The van der Waals surface area contributed by atoms with Gasteiger partial charge in [-0.25, -0.2) is 8.42 Å². The van der Waals surface area contributed by atoms with Crippen LogP contribution in [-0.2, 0) is 14.6 Å². The van der Waals surface area contributed by atoms with Crippen LogP contribution in [0.5, 0.6) is 0 Å². The van der Waals surface area contributed by atoms with Crippen LogP contribution in [0.2, 0.25) is 0 Å². The Morgan fingerprint density at radius 1 is 1.54 bits per heavy atom. The fraction of sp³-hybridized carbons (Fsp3) is 0.833. The van der Waals surface area contributed by atoms with Crippen molar-refractivity contribution in [3.63, 3.8) is 0 Å². The molecule has 0 heterocycles. The summed E-state index contributed by atoms with van der Waals surface area (Å²) in [5, 5.41) is 8.28. The van der Waals surface area contributed by atoms with Crippen LogP contribution in [0.25, 0.3) is 0 Å². The second kappa shape index (κ2) is 6.17. The smallest absolute Gasteiger partial charge is 0.304 e. The van der Waals surface area contributed by atoms with Crippen LogP contribution in [-0.4, -0.2) is 37.5 Å². The van der Waals surface area contributed by atoms with E-state index in [9.17, 15) is 13.2 Å². The van der Waals surface area contributed by atoms with Crippen molar-refractivity contribution in [2.45, 2.75) is 18.9 Å². The Balaban J connectivity index is 0. The zero-order chi connectivity index (χ0) is 9.78. The van der Waals surface area contributed by atoms with Gasteiger partial charge in [-0.15, -0.1) is 12.4 Å². The minimum Gasteiger partial charge on any atom is -0.481 e. The molecule has 0 saturated carbocycles. The number of nitrogens with two attached hydrogens (primary N) is 1. The lowest BCUT2D eigenvalue weighted by Gasteiger charge is -2.06. The van der Waals surface area contributed by atoms with E-state index in [2.05, 4.69) is 0 Å². The van der Waals surface area contributed by atoms with Crippen LogP contribution >= 0.6 is 12.4 Å². The minimum atomic E-state index is -3.03. The van der Waals surface area contributed by atoms with Gasteiger partial charge in [0.2, 0.25) is 0 Å². The van der Waals surface area contributed by atoms with E-state index in [4.69, 9.17) is 10.8 Å². The molecule has 0 rings (SSSR count). The molecule has 0 aromatic carbocycles. The van der Waals surface area contributed by atoms with Crippen molar-refractivity contribution >= 4 is 28.2 Å². The minimum absolute atomic E-state index is 0. The maximum atomic E-state index is 10.6. The second-order valence-electron chi connectivity index (χ2n) is 2.78. The maximum absolute atomic E-state index is 10.6. The predicted octanol–water partition coefficient (Wildman–Crippen LogP) is -0.355. The summed E-state index contributed by atoms with van der Waals surface area (Å²) in [6.07, 6.45) is 1.11. The number of hydrogen-bond donors (Lipinski definition) is 2. The zero-order valence-electron chi connectivity index (χ0n) is 7.26. The van der Waals surface area contributed by atoms with Gasteiger partial charge in [-0.1, -0.05) is 0 Å². The molecular formula is C6H14ClNO4S. The average molecular weight is 232 g/mol. The zero-order valence-corrected chi connectivity index (χ0v) is 8.90. The van der Waals surface area contributed by atoms with Crippen LogP contribution in [0.15, 0.2) is 0 Å². The van der Waals surface area contributed by atoms with Crippen LogP contribution < -0.4 is 5.73 Å². The van der Waals surface area contributed by atoms with Gasteiger partial charge in [0, 0.05) is 12.3 Å². The fourth-order valence-electron chi connectivity index (χ4n) is 0.692. The first-order valence-corrected chi connectivity index (χ1v) is 5.52. The van der Waals surface area contributed by atoms with Crippen molar-refractivity contribution in [2.24, 2.45) is 5.73 Å². The third kappa shape index (κ3) is 11.7. The summed E-state index contributed by atoms with van der Waals surface area (Å²) in [4.78, 5) is 10.1. The van der Waals surface area contributed by atoms with E-state index in [0.29, 0.717) is 0 Å². The molecule has 0 aliphatic carbocycles. The number of sulfone groups is 1. The van der Waals surface area contributed by atoms with Gasteiger partial charge >= 0.3 is 5.97 Å². The van der Waals surface area contributed by atoms with Crippen molar-refractivity contribution in [1.82, 2.24) is 0 Å². The molecule has 80 valence electrons. The summed E-state index contributed by atoms with van der Waals surface area (Å²) in [6.45, 7) is 0. The summed E-state index contributed by atoms with van der Waals surface area (Å²) in [5.74, 6) is -1.06. The van der Waals surface area contributed by atoms with Crippen LogP contribution in [0.3, 0.4) is 0 Å². The summed E-state index contributed by atoms with van der Waals surface area (Å²) in [5.41, 5.74) is 5.34. The van der Waals surface area contributed by atoms with Gasteiger partial charge in [-0.3, -0.25) is 4.79 Å². The summed E-state index contributed by atoms with van der Waals surface area (Å²) < 4.78 is 21.2. The Hall–Kier alpha value is -0.330. The fourth-order valence-corrected chi connectivity index (χ4v) is 1.42. The number of halogens is 1. The van der Waals surface area contributed by atoms with Gasteiger partial charge in [-0.05, 0) is 6.42 Å². The topological polar surface area (TPSA) is 97.5 Å². The molecule has 0 aromatic heterocycles. The first-order chi connectivity index (χ1) is 5.31. The molecule has 3 N–H and O–H groups in total. The van der Waals surface area contributed by atoms with Gasteiger partial charge in [0.25, 0.3) is 0 Å². The second-order valence-corrected chi connectivity index (χ2v) is 5.04. The Labute approximate surface area is 83.6 Å². The number of carboxylic acid groups (broad SMARTS) is 1. The van der Waals surface area contributed by atoms with E-state index in [1.165, 1.54) is 0 Å². The number of carbonyl (C=O) groups is 1. The molecule has 0 radical (unpaired) electrons. The molecule has 0 fully saturated rings. The summed E-state index contributed by atoms with van der Waals surface area (Å²) >= 11 is 0. The van der Waals surface area contributed by atoms with E-state index in [1.54, 1.807) is 0 Å². The molecule has 0 aliphatic heterocycles. The number of aliphatic carboxylic acids is 1. The first-order valence-electron chi connectivity index (χ1n) is 3.46. The predicted molar refractivity (Wildman–Crippen MR) is 51.8 cm³/mol. The summed E-state index contributed by atoms with van der Waals surface area (Å²) in [7, 11) is -3.03. The van der Waals surface area contributed by atoms with Crippen LogP contribution in [0, 0.1) is 0 Å². The van der Waals surface area contributed by atoms with Gasteiger partial charge < -0.3 is 10.8 Å². The van der Waals surface area contributed by atoms with Crippen molar-refractivity contribution in [2.75, 3.05) is 12.0 Å². The highest BCUT2D eigenvalue weighted by molar-refractivity contribution is 7.90.